The maximum atomic E-state index is 12.5. The van der Waals surface area contributed by atoms with Crippen molar-refractivity contribution in [1.29, 1.82) is 0 Å². The number of unbranched alkanes of at least 4 members (excludes halogenated alkanes) is 1. The zero-order valence-electron chi connectivity index (χ0n) is 18.4. The van der Waals surface area contributed by atoms with Crippen molar-refractivity contribution in [1.82, 2.24) is 24.5 Å². The molecule has 1 saturated heterocycles. The van der Waals surface area contributed by atoms with Crippen LogP contribution in [0.5, 0.6) is 0 Å². The minimum absolute atomic E-state index is 0.0423. The molecule has 9 heteroatoms. The Labute approximate surface area is 187 Å². The van der Waals surface area contributed by atoms with Crippen molar-refractivity contribution in [2.75, 3.05) is 20.3 Å². The fraction of sp³-hybridized carbons (Fsp3) is 0.455. The van der Waals surface area contributed by atoms with Crippen LogP contribution in [-0.2, 0) is 22.7 Å². The Balaban J connectivity index is 1.70. The summed E-state index contributed by atoms with van der Waals surface area (Å²) in [6.45, 7) is 7.24. The average Bonchev–Trinajstić information content (AvgIpc) is 3.10. The highest BCUT2D eigenvalue weighted by molar-refractivity contribution is 6.44. The molecule has 2 aromatic rings. The number of carbonyl (C=O) groups excluding carboxylic acids is 3. The first-order valence-electron chi connectivity index (χ1n) is 10.4. The lowest BCUT2D eigenvalue weighted by molar-refractivity contribution is -0.143. The van der Waals surface area contributed by atoms with Crippen molar-refractivity contribution in [3.8, 4) is 0 Å². The van der Waals surface area contributed by atoms with Crippen LogP contribution in [0.1, 0.15) is 42.3 Å². The molecule has 1 aromatic heterocycles. The van der Waals surface area contributed by atoms with E-state index in [9.17, 15) is 14.4 Å². The van der Waals surface area contributed by atoms with E-state index < -0.39 is 17.8 Å². The molecule has 1 aliphatic rings. The molecule has 0 bridgehead atoms. The van der Waals surface area contributed by atoms with Gasteiger partial charge in [-0.15, -0.1) is 0 Å². The van der Waals surface area contributed by atoms with E-state index in [4.69, 9.17) is 11.6 Å². The van der Waals surface area contributed by atoms with Crippen LogP contribution in [-0.4, -0.2) is 62.6 Å². The second kappa shape index (κ2) is 9.62. The van der Waals surface area contributed by atoms with Gasteiger partial charge in [-0.05, 0) is 38.9 Å². The summed E-state index contributed by atoms with van der Waals surface area (Å²) in [5, 5.41) is 5.33. The summed E-state index contributed by atoms with van der Waals surface area (Å²) < 4.78 is 1.90. The lowest BCUT2D eigenvalue weighted by Gasteiger charge is -2.22. The van der Waals surface area contributed by atoms with Gasteiger partial charge in [0.25, 0.3) is 0 Å². The van der Waals surface area contributed by atoms with Crippen molar-refractivity contribution in [2.24, 2.45) is 0 Å². The van der Waals surface area contributed by atoms with Crippen LogP contribution in [0.2, 0.25) is 5.02 Å². The fourth-order valence-corrected chi connectivity index (χ4v) is 3.85. The summed E-state index contributed by atoms with van der Waals surface area (Å²) in [6.07, 6.45) is 1.51. The van der Waals surface area contributed by atoms with Gasteiger partial charge >= 0.3 is 17.8 Å². The number of hydrogen-bond donors (Lipinski definition) is 0. The van der Waals surface area contributed by atoms with Gasteiger partial charge < -0.3 is 0 Å². The molecule has 0 radical (unpaired) electrons. The molecular formula is C22H28ClN5O3. The second-order valence-electron chi connectivity index (χ2n) is 7.88. The largest absolute Gasteiger partial charge is 0.335 e. The molecule has 0 N–H and O–H groups in total. The Morgan fingerprint density at radius 2 is 1.74 bits per heavy atom. The number of aryl methyl sites for hydroxylation is 1. The van der Waals surface area contributed by atoms with Gasteiger partial charge in [0.1, 0.15) is 0 Å². The van der Waals surface area contributed by atoms with Crippen LogP contribution in [0.15, 0.2) is 24.3 Å². The third-order valence-electron chi connectivity index (χ3n) is 5.49. The van der Waals surface area contributed by atoms with Crippen LogP contribution < -0.4 is 0 Å². The summed E-state index contributed by atoms with van der Waals surface area (Å²) in [5.74, 6) is -1.51. The zero-order valence-corrected chi connectivity index (χ0v) is 19.1. The van der Waals surface area contributed by atoms with E-state index >= 15 is 0 Å². The summed E-state index contributed by atoms with van der Waals surface area (Å²) in [6, 6.07) is 7.11. The Bertz CT molecular complexity index is 1000. The lowest BCUT2D eigenvalue weighted by Crippen LogP contribution is -2.40. The van der Waals surface area contributed by atoms with Crippen LogP contribution in [0, 0.1) is 13.8 Å². The van der Waals surface area contributed by atoms with Crippen LogP contribution >= 0.6 is 11.6 Å². The van der Waals surface area contributed by atoms with Crippen molar-refractivity contribution >= 4 is 29.4 Å². The van der Waals surface area contributed by atoms with E-state index in [1.54, 1.807) is 0 Å². The van der Waals surface area contributed by atoms with Gasteiger partial charge in [0.15, 0.2) is 0 Å². The van der Waals surface area contributed by atoms with E-state index in [1.807, 2.05) is 61.7 Å². The van der Waals surface area contributed by atoms with E-state index in [0.717, 1.165) is 38.7 Å². The average molecular weight is 446 g/mol. The smallest absolute Gasteiger partial charge is 0.284 e. The Morgan fingerprint density at radius 3 is 2.42 bits per heavy atom. The third-order valence-corrected chi connectivity index (χ3v) is 5.86. The SMILES string of the molecule is CCCCN1C(=O)C(=O)N(CN(C)Cc2c(C)nn(Cc3ccccc3Cl)c2C)C1=O. The predicted octanol–water partition coefficient (Wildman–Crippen LogP) is 3.18. The van der Waals surface area contributed by atoms with Crippen molar-refractivity contribution in [3.63, 3.8) is 0 Å². The monoisotopic (exact) mass is 445 g/mol. The molecule has 0 saturated carbocycles. The summed E-state index contributed by atoms with van der Waals surface area (Å²) >= 11 is 6.28. The second-order valence-corrected chi connectivity index (χ2v) is 8.29. The Hall–Kier alpha value is -2.71. The predicted molar refractivity (Wildman–Crippen MR) is 117 cm³/mol. The van der Waals surface area contributed by atoms with Crippen LogP contribution in [0.3, 0.4) is 0 Å². The first-order chi connectivity index (χ1) is 14.7. The van der Waals surface area contributed by atoms with Crippen molar-refractivity contribution in [3.05, 3.63) is 51.8 Å². The quantitative estimate of drug-likeness (QED) is 0.437. The molecule has 2 heterocycles. The molecule has 3 rings (SSSR count). The van der Waals surface area contributed by atoms with Gasteiger partial charge in [-0.25, -0.2) is 9.69 Å². The molecule has 0 unspecified atom stereocenters. The fourth-order valence-electron chi connectivity index (χ4n) is 3.65. The number of amides is 4. The first-order valence-corrected chi connectivity index (χ1v) is 10.7. The van der Waals surface area contributed by atoms with Gasteiger partial charge in [0.05, 0.1) is 18.9 Å². The van der Waals surface area contributed by atoms with Crippen LogP contribution in [0.25, 0.3) is 0 Å². The van der Waals surface area contributed by atoms with E-state index in [-0.39, 0.29) is 13.2 Å². The van der Waals surface area contributed by atoms with Gasteiger partial charge in [-0.1, -0.05) is 43.1 Å². The molecule has 0 spiro atoms. The molecule has 0 atom stereocenters. The number of urea groups is 1. The highest BCUT2D eigenvalue weighted by atomic mass is 35.5. The normalized spacial score (nSPS) is 14.5. The molecule has 0 aliphatic carbocycles. The van der Waals surface area contributed by atoms with E-state index in [2.05, 4.69) is 5.10 Å². The highest BCUT2D eigenvalue weighted by Crippen LogP contribution is 2.21. The highest BCUT2D eigenvalue weighted by Gasteiger charge is 2.44. The molecule has 4 amide bonds. The van der Waals surface area contributed by atoms with Crippen molar-refractivity contribution in [2.45, 2.75) is 46.7 Å². The summed E-state index contributed by atoms with van der Waals surface area (Å²) in [4.78, 5) is 40.9. The van der Waals surface area contributed by atoms with Gasteiger partial charge in [-0.2, -0.15) is 5.10 Å². The van der Waals surface area contributed by atoms with E-state index in [0.29, 0.717) is 24.5 Å². The van der Waals surface area contributed by atoms with Crippen LogP contribution in [0.4, 0.5) is 4.79 Å². The minimum atomic E-state index is -0.768. The summed E-state index contributed by atoms with van der Waals surface area (Å²) in [7, 11) is 1.81. The molecular weight excluding hydrogens is 418 g/mol. The Morgan fingerprint density at radius 1 is 1.06 bits per heavy atom. The number of nitrogens with zero attached hydrogens (tertiary/aromatic N) is 5. The maximum Gasteiger partial charge on any atom is 0.335 e. The number of carbonyl (C=O) groups is 3. The number of rotatable bonds is 9. The lowest BCUT2D eigenvalue weighted by atomic mass is 10.2. The third kappa shape index (κ3) is 4.80. The number of halogens is 1. The Kier molecular flexibility index (Phi) is 7.12. The molecule has 1 aliphatic heterocycles. The number of imide groups is 2. The molecule has 8 nitrogen and oxygen atoms in total. The number of hydrogen-bond acceptors (Lipinski definition) is 5. The molecule has 166 valence electrons. The topological polar surface area (TPSA) is 78.8 Å². The van der Waals surface area contributed by atoms with Gasteiger partial charge in [0, 0.05) is 29.4 Å². The molecule has 31 heavy (non-hydrogen) atoms. The van der Waals surface area contributed by atoms with Crippen molar-refractivity contribution < 1.29 is 14.4 Å². The standard InChI is InChI=1S/C22H28ClN5O3/c1-5-6-11-26-20(29)21(30)27(22(26)31)14-25(4)13-18-15(2)24-28(16(18)3)12-17-9-7-8-10-19(17)23/h7-10H,5-6,11-14H2,1-4H3. The summed E-state index contributed by atoms with van der Waals surface area (Å²) in [5.41, 5.74) is 3.86. The minimum Gasteiger partial charge on any atom is -0.284 e. The number of benzene rings is 1. The van der Waals surface area contributed by atoms with E-state index in [1.165, 1.54) is 0 Å². The molecule has 1 fully saturated rings. The number of aromatic nitrogens is 2. The zero-order chi connectivity index (χ0) is 22.7. The van der Waals surface area contributed by atoms with Gasteiger partial charge in [0.2, 0.25) is 0 Å². The maximum absolute atomic E-state index is 12.5. The first kappa shape index (κ1) is 23.0. The van der Waals surface area contributed by atoms with Gasteiger partial charge in [-0.3, -0.25) is 24.1 Å². The molecule has 1 aromatic carbocycles.